The number of benzene rings is 1. The van der Waals surface area contributed by atoms with Crippen molar-refractivity contribution in [3.8, 4) is 0 Å². The van der Waals surface area contributed by atoms with Gasteiger partial charge in [-0.1, -0.05) is 0 Å². The Morgan fingerprint density at radius 2 is 2.11 bits per heavy atom. The molecule has 6 nitrogen and oxygen atoms in total. The van der Waals surface area contributed by atoms with Crippen LogP contribution in [0.4, 0.5) is 20.6 Å². The summed E-state index contributed by atoms with van der Waals surface area (Å²) in [5.41, 5.74) is 0.170. The summed E-state index contributed by atoms with van der Waals surface area (Å²) in [4.78, 5) is 11.3. The highest BCUT2D eigenvalue weighted by Gasteiger charge is 2.18. The summed E-state index contributed by atoms with van der Waals surface area (Å²) in [6, 6.07) is 3.39. The molecule has 1 N–H and O–H groups in total. The van der Waals surface area contributed by atoms with Crippen molar-refractivity contribution < 1.29 is 22.3 Å². The fourth-order valence-electron chi connectivity index (χ4n) is 1.34. The van der Waals surface area contributed by atoms with Crippen molar-refractivity contribution in [2.75, 3.05) is 29.5 Å². The molecule has 0 spiro atoms. The number of hydrogen-bond acceptors (Lipinski definition) is 4. The Balaban J connectivity index is 3.15. The van der Waals surface area contributed by atoms with Crippen LogP contribution in [0.2, 0.25) is 0 Å². The summed E-state index contributed by atoms with van der Waals surface area (Å²) in [6.07, 6.45) is 0.223. The molecule has 8 heteroatoms. The third-order valence-corrected chi connectivity index (χ3v) is 3.50. The fourth-order valence-corrected chi connectivity index (χ4v) is 1.86. The fraction of sp³-hybridized carbons (Fsp3) is 0.364. The van der Waals surface area contributed by atoms with E-state index < -0.39 is 21.9 Å². The summed E-state index contributed by atoms with van der Waals surface area (Å²) in [5.74, 6) is -0.600. The second kappa shape index (κ2) is 5.87. The number of rotatable bonds is 4. The number of carbonyl (C=O) groups excluding carboxylic acids is 1. The van der Waals surface area contributed by atoms with Gasteiger partial charge >= 0.3 is 6.09 Å². The molecular formula is C11H15FN2O4S. The molecular weight excluding hydrogens is 275 g/mol. The van der Waals surface area contributed by atoms with Crippen LogP contribution in [-0.4, -0.2) is 34.4 Å². The molecule has 0 atom stereocenters. The molecule has 0 saturated heterocycles. The second-order valence-electron chi connectivity index (χ2n) is 3.74. The first-order chi connectivity index (χ1) is 8.75. The number of hydrogen-bond donors (Lipinski definition) is 1. The maximum absolute atomic E-state index is 13.2. The van der Waals surface area contributed by atoms with Gasteiger partial charge in [0.05, 0.1) is 24.2 Å². The van der Waals surface area contributed by atoms with E-state index in [0.717, 1.165) is 22.7 Å². The van der Waals surface area contributed by atoms with Crippen LogP contribution in [0.3, 0.4) is 0 Å². The largest absolute Gasteiger partial charge is 0.450 e. The lowest BCUT2D eigenvalue weighted by Gasteiger charge is -2.20. The zero-order chi connectivity index (χ0) is 14.6. The zero-order valence-electron chi connectivity index (χ0n) is 10.8. The lowest BCUT2D eigenvalue weighted by molar-refractivity contribution is 0.168. The van der Waals surface area contributed by atoms with Crippen molar-refractivity contribution >= 4 is 27.5 Å². The Morgan fingerprint density at radius 3 is 2.63 bits per heavy atom. The van der Waals surface area contributed by atoms with E-state index in [9.17, 15) is 17.6 Å². The third kappa shape index (κ3) is 4.09. The summed E-state index contributed by atoms with van der Waals surface area (Å²) in [6.45, 7) is 1.77. The molecule has 0 aliphatic heterocycles. The van der Waals surface area contributed by atoms with Gasteiger partial charge in [0.2, 0.25) is 10.0 Å². The van der Waals surface area contributed by atoms with E-state index in [1.54, 1.807) is 6.92 Å². The van der Waals surface area contributed by atoms with E-state index in [1.165, 1.54) is 13.1 Å². The molecule has 0 bridgehead atoms. The first-order valence-electron chi connectivity index (χ1n) is 5.43. The number of halogens is 1. The van der Waals surface area contributed by atoms with Gasteiger partial charge in [0.25, 0.3) is 0 Å². The van der Waals surface area contributed by atoms with E-state index in [-0.39, 0.29) is 18.0 Å². The van der Waals surface area contributed by atoms with E-state index >= 15 is 0 Å². The quantitative estimate of drug-likeness (QED) is 0.917. The lowest BCUT2D eigenvalue weighted by Crippen LogP contribution is -2.26. The highest BCUT2D eigenvalue weighted by atomic mass is 32.2. The molecule has 1 aromatic rings. The van der Waals surface area contributed by atoms with E-state index in [2.05, 4.69) is 10.1 Å². The van der Waals surface area contributed by atoms with Crippen LogP contribution in [0.5, 0.6) is 0 Å². The average Bonchev–Trinajstić information content (AvgIpc) is 2.27. The van der Waals surface area contributed by atoms with Gasteiger partial charge < -0.3 is 4.74 Å². The average molecular weight is 290 g/mol. The van der Waals surface area contributed by atoms with Crippen molar-refractivity contribution in [3.63, 3.8) is 0 Å². The molecule has 0 fully saturated rings. The highest BCUT2D eigenvalue weighted by molar-refractivity contribution is 7.92. The molecule has 0 unspecified atom stereocenters. The minimum atomic E-state index is -3.52. The molecule has 0 radical (unpaired) electrons. The van der Waals surface area contributed by atoms with Gasteiger partial charge in [-0.15, -0.1) is 0 Å². The van der Waals surface area contributed by atoms with Crippen LogP contribution in [0.25, 0.3) is 0 Å². The minimum Gasteiger partial charge on any atom is -0.450 e. The first-order valence-corrected chi connectivity index (χ1v) is 7.27. The SMILES string of the molecule is CCOC(=O)Nc1cc(F)ccc1N(C)S(C)(=O)=O. The lowest BCUT2D eigenvalue weighted by atomic mass is 10.2. The second-order valence-corrected chi connectivity index (χ2v) is 5.75. The standard InChI is InChI=1S/C11H15FN2O4S/c1-4-18-11(15)13-9-7-8(12)5-6-10(9)14(2)19(3,16)17/h5-7H,4H2,1-3H3,(H,13,15). The van der Waals surface area contributed by atoms with Crippen molar-refractivity contribution in [2.45, 2.75) is 6.92 Å². The predicted octanol–water partition coefficient (Wildman–Crippen LogP) is 1.79. The van der Waals surface area contributed by atoms with Gasteiger partial charge in [-0.2, -0.15) is 0 Å². The molecule has 0 aliphatic rings. The molecule has 1 amide bonds. The Hall–Kier alpha value is -1.83. The number of nitrogens with zero attached hydrogens (tertiary/aromatic N) is 1. The predicted molar refractivity (Wildman–Crippen MR) is 70.3 cm³/mol. The number of ether oxygens (including phenoxy) is 1. The van der Waals surface area contributed by atoms with Crippen LogP contribution < -0.4 is 9.62 Å². The number of amides is 1. The summed E-state index contributed by atoms with van der Waals surface area (Å²) in [7, 11) is -2.22. The van der Waals surface area contributed by atoms with E-state index in [4.69, 9.17) is 0 Å². The van der Waals surface area contributed by atoms with Crippen LogP contribution in [0, 0.1) is 5.82 Å². The highest BCUT2D eigenvalue weighted by Crippen LogP contribution is 2.27. The van der Waals surface area contributed by atoms with Gasteiger partial charge in [0.1, 0.15) is 5.82 Å². The zero-order valence-corrected chi connectivity index (χ0v) is 11.6. The smallest absolute Gasteiger partial charge is 0.411 e. The monoisotopic (exact) mass is 290 g/mol. The number of carbonyl (C=O) groups is 1. The topological polar surface area (TPSA) is 75.7 Å². The maximum atomic E-state index is 13.2. The molecule has 0 aromatic heterocycles. The van der Waals surface area contributed by atoms with Crippen LogP contribution in [-0.2, 0) is 14.8 Å². The minimum absolute atomic E-state index is 0.0198. The number of nitrogens with one attached hydrogen (secondary N) is 1. The van der Waals surface area contributed by atoms with Gasteiger partial charge in [0, 0.05) is 7.05 Å². The van der Waals surface area contributed by atoms with Crippen LogP contribution >= 0.6 is 0 Å². The molecule has 1 aromatic carbocycles. The molecule has 0 saturated carbocycles. The van der Waals surface area contributed by atoms with Gasteiger partial charge in [-0.25, -0.2) is 17.6 Å². The van der Waals surface area contributed by atoms with Crippen molar-refractivity contribution in [1.82, 2.24) is 0 Å². The Kier molecular flexibility index (Phi) is 4.71. The van der Waals surface area contributed by atoms with Gasteiger partial charge in [-0.3, -0.25) is 9.62 Å². The number of anilines is 2. The van der Waals surface area contributed by atoms with Crippen LogP contribution in [0.15, 0.2) is 18.2 Å². The van der Waals surface area contributed by atoms with Crippen molar-refractivity contribution in [3.05, 3.63) is 24.0 Å². The Morgan fingerprint density at radius 1 is 1.47 bits per heavy atom. The Bertz CT molecular complexity index is 574. The van der Waals surface area contributed by atoms with Crippen LogP contribution in [0.1, 0.15) is 6.92 Å². The Labute approximate surface area is 111 Å². The molecule has 1 rings (SSSR count). The maximum Gasteiger partial charge on any atom is 0.411 e. The molecule has 106 valence electrons. The van der Waals surface area contributed by atoms with Crippen molar-refractivity contribution in [2.24, 2.45) is 0 Å². The summed E-state index contributed by atoms with van der Waals surface area (Å²) >= 11 is 0. The van der Waals surface area contributed by atoms with Crippen molar-refractivity contribution in [1.29, 1.82) is 0 Å². The van der Waals surface area contributed by atoms with Gasteiger partial charge in [0.15, 0.2) is 0 Å². The molecule has 0 aliphatic carbocycles. The number of sulfonamides is 1. The van der Waals surface area contributed by atoms with E-state index in [0.29, 0.717) is 0 Å². The van der Waals surface area contributed by atoms with E-state index in [1.807, 2.05) is 0 Å². The third-order valence-electron chi connectivity index (χ3n) is 2.31. The summed E-state index contributed by atoms with van der Waals surface area (Å²) in [5, 5.41) is 2.30. The molecule has 0 heterocycles. The van der Waals surface area contributed by atoms with Gasteiger partial charge in [-0.05, 0) is 25.1 Å². The summed E-state index contributed by atoms with van der Waals surface area (Å²) < 4.78 is 41.7. The first kappa shape index (κ1) is 15.2. The normalized spacial score (nSPS) is 10.9. The molecule has 19 heavy (non-hydrogen) atoms.